The quantitative estimate of drug-likeness (QED) is 0.173. The third kappa shape index (κ3) is 5.04. The summed E-state index contributed by atoms with van der Waals surface area (Å²) in [5, 5.41) is 8.99. The molecule has 0 aliphatic rings. The molecule has 7 heteroatoms. The molecule has 6 nitrogen and oxygen atoms in total. The predicted octanol–water partition coefficient (Wildman–Crippen LogP) is 15.3. The number of aromatic nitrogens is 5. The maximum absolute atomic E-state index is 6.98. The predicted molar refractivity (Wildman–Crippen MR) is 265 cm³/mol. The van der Waals surface area contributed by atoms with E-state index in [2.05, 4.69) is 185 Å². The molecule has 0 radical (unpaired) electrons. The fourth-order valence-electron chi connectivity index (χ4n) is 10.1. The molecule has 5 aromatic heterocycles. The maximum atomic E-state index is 6.98. The molecule has 14 aromatic rings. The number of hydrogen-bond acceptors (Lipinski definition) is 5. The maximum Gasteiger partial charge on any atom is 0.238 e. The Morgan fingerprint density at radius 3 is 1.73 bits per heavy atom. The fraction of sp³-hybridized carbons (Fsp3) is 0. The van der Waals surface area contributed by atoms with Crippen LogP contribution in [0, 0.1) is 0 Å². The molecular weight excluding hydrogens is 803 g/mol. The van der Waals surface area contributed by atoms with Crippen LogP contribution < -0.4 is 0 Å². The molecule has 5 heterocycles. The normalized spacial score (nSPS) is 12.1. The molecule has 0 N–H and O–H groups in total. The molecule has 0 saturated heterocycles. The van der Waals surface area contributed by atoms with Gasteiger partial charge >= 0.3 is 0 Å². The smallest absolute Gasteiger partial charge is 0.238 e. The van der Waals surface area contributed by atoms with Crippen LogP contribution in [0.5, 0.6) is 0 Å². The van der Waals surface area contributed by atoms with Crippen molar-refractivity contribution in [2.45, 2.75) is 0 Å². The number of rotatable bonds is 5. The molecule has 0 amide bonds. The van der Waals surface area contributed by atoms with Crippen LogP contribution in [0.3, 0.4) is 0 Å². The second-order valence-corrected chi connectivity index (χ2v) is 17.4. The molecule has 0 aliphatic heterocycles. The van der Waals surface area contributed by atoms with E-state index in [1.165, 1.54) is 14.8 Å². The zero-order chi connectivity index (χ0) is 41.9. The van der Waals surface area contributed by atoms with Gasteiger partial charge in [0.2, 0.25) is 5.95 Å². The fourth-order valence-corrected chi connectivity index (χ4v) is 11.2. The Kier molecular flexibility index (Phi) is 7.46. The Morgan fingerprint density at radius 2 is 0.969 bits per heavy atom. The first-order chi connectivity index (χ1) is 31.8. The van der Waals surface area contributed by atoms with Crippen molar-refractivity contribution in [2.75, 3.05) is 0 Å². The van der Waals surface area contributed by atoms with Crippen LogP contribution in [0.1, 0.15) is 0 Å². The van der Waals surface area contributed by atoms with Gasteiger partial charge in [-0.25, -0.2) is 4.98 Å². The second kappa shape index (κ2) is 13.6. The van der Waals surface area contributed by atoms with E-state index in [4.69, 9.17) is 19.4 Å². The van der Waals surface area contributed by atoms with Crippen molar-refractivity contribution in [1.29, 1.82) is 0 Å². The zero-order valence-electron chi connectivity index (χ0n) is 34.1. The van der Waals surface area contributed by atoms with Crippen LogP contribution in [0.2, 0.25) is 0 Å². The lowest BCUT2D eigenvalue weighted by atomic mass is 9.98. The molecule has 0 spiro atoms. The highest BCUT2D eigenvalue weighted by atomic mass is 32.1. The van der Waals surface area contributed by atoms with Gasteiger partial charge in [0.25, 0.3) is 0 Å². The van der Waals surface area contributed by atoms with Gasteiger partial charge in [0.05, 0.1) is 27.8 Å². The van der Waals surface area contributed by atoms with Crippen LogP contribution in [0.4, 0.5) is 0 Å². The largest absolute Gasteiger partial charge is 0.454 e. The zero-order valence-corrected chi connectivity index (χ0v) is 34.9. The van der Waals surface area contributed by atoms with Crippen molar-refractivity contribution >= 4 is 97.1 Å². The Hall–Kier alpha value is -8.39. The third-order valence-corrected chi connectivity index (χ3v) is 13.9. The van der Waals surface area contributed by atoms with E-state index in [1.807, 2.05) is 24.3 Å². The summed E-state index contributed by atoms with van der Waals surface area (Å²) < 4.78 is 14.1. The second-order valence-electron chi connectivity index (χ2n) is 16.3. The van der Waals surface area contributed by atoms with Crippen LogP contribution in [0.25, 0.3) is 131 Å². The summed E-state index contributed by atoms with van der Waals surface area (Å²) in [6.45, 7) is 0. The van der Waals surface area contributed by atoms with Gasteiger partial charge in [0.1, 0.15) is 5.58 Å². The van der Waals surface area contributed by atoms with Crippen LogP contribution in [-0.4, -0.2) is 24.1 Å². The van der Waals surface area contributed by atoms with E-state index in [-0.39, 0.29) is 0 Å². The first-order valence-corrected chi connectivity index (χ1v) is 22.3. The summed E-state index contributed by atoms with van der Waals surface area (Å²) in [4.78, 5) is 16.2. The first kappa shape index (κ1) is 35.2. The van der Waals surface area contributed by atoms with E-state index in [0.29, 0.717) is 17.6 Å². The van der Waals surface area contributed by atoms with Gasteiger partial charge in [-0.05, 0) is 47.5 Å². The van der Waals surface area contributed by atoms with Crippen molar-refractivity contribution < 1.29 is 4.42 Å². The Labute approximate surface area is 369 Å². The minimum Gasteiger partial charge on any atom is -0.454 e. The highest BCUT2D eigenvalue weighted by Gasteiger charge is 2.26. The van der Waals surface area contributed by atoms with Gasteiger partial charge in [0, 0.05) is 63.6 Å². The van der Waals surface area contributed by atoms with Gasteiger partial charge in [-0.15, -0.1) is 11.3 Å². The Bertz CT molecular complexity index is 4200. The molecule has 298 valence electrons. The Balaban J connectivity index is 1.14. The number of furan rings is 1. The summed E-state index contributed by atoms with van der Waals surface area (Å²) in [5.41, 5.74) is 10.9. The van der Waals surface area contributed by atoms with Crippen molar-refractivity contribution in [3.05, 3.63) is 200 Å². The topological polar surface area (TPSA) is 61.7 Å². The molecule has 64 heavy (non-hydrogen) atoms. The summed E-state index contributed by atoms with van der Waals surface area (Å²) >= 11 is 1.79. The number of hydrogen-bond donors (Lipinski definition) is 0. The van der Waals surface area contributed by atoms with Crippen LogP contribution in [0.15, 0.2) is 205 Å². The van der Waals surface area contributed by atoms with Crippen molar-refractivity contribution in [1.82, 2.24) is 24.1 Å². The van der Waals surface area contributed by atoms with E-state index >= 15 is 0 Å². The minimum absolute atomic E-state index is 0.546. The molecular formula is C57H33N5OS. The van der Waals surface area contributed by atoms with Crippen molar-refractivity contribution in [3.63, 3.8) is 0 Å². The highest BCUT2D eigenvalue weighted by molar-refractivity contribution is 7.25. The average molecular weight is 836 g/mol. The monoisotopic (exact) mass is 835 g/mol. The van der Waals surface area contributed by atoms with Gasteiger partial charge in [-0.2, -0.15) is 9.97 Å². The lowest BCUT2D eigenvalue weighted by Gasteiger charge is -2.14. The van der Waals surface area contributed by atoms with Gasteiger partial charge < -0.3 is 8.98 Å². The number of para-hydroxylation sites is 3. The molecule has 0 fully saturated rings. The summed E-state index contributed by atoms with van der Waals surface area (Å²) in [5.74, 6) is 1.78. The van der Waals surface area contributed by atoms with Gasteiger partial charge in [-0.1, -0.05) is 164 Å². The van der Waals surface area contributed by atoms with Crippen LogP contribution >= 0.6 is 11.3 Å². The van der Waals surface area contributed by atoms with E-state index in [1.54, 1.807) is 11.3 Å². The van der Waals surface area contributed by atoms with Gasteiger partial charge in [0.15, 0.2) is 17.2 Å². The number of thiophene rings is 1. The molecule has 14 rings (SSSR count). The molecule has 0 aliphatic carbocycles. The number of fused-ring (bicyclic) bond motifs is 13. The molecule has 0 saturated carbocycles. The van der Waals surface area contributed by atoms with Crippen molar-refractivity contribution in [3.8, 4) is 45.5 Å². The van der Waals surface area contributed by atoms with Crippen molar-refractivity contribution in [2.24, 2.45) is 0 Å². The molecule has 0 atom stereocenters. The Morgan fingerprint density at radius 1 is 0.375 bits per heavy atom. The SMILES string of the molecule is c1ccc(-c2nc(-c3cccc4sc5ccccc5c34)nc(-n3c4ccccc4c4ccc5c6ccccc6n(-c6ccc(-c7ccccc7)c7c6oc6ccccc67)c5c43)n2)cc1. The molecule has 0 bridgehead atoms. The average Bonchev–Trinajstić information content (AvgIpc) is 4.12. The highest BCUT2D eigenvalue weighted by Crippen LogP contribution is 2.46. The van der Waals surface area contributed by atoms with E-state index in [9.17, 15) is 0 Å². The molecule has 0 unspecified atom stereocenters. The molecule has 9 aromatic carbocycles. The summed E-state index contributed by atoms with van der Waals surface area (Å²) in [6, 6.07) is 70.6. The first-order valence-electron chi connectivity index (χ1n) is 21.4. The summed E-state index contributed by atoms with van der Waals surface area (Å²) in [6.07, 6.45) is 0. The lowest BCUT2D eigenvalue weighted by Crippen LogP contribution is -2.07. The number of nitrogens with zero attached hydrogens (tertiary/aromatic N) is 5. The third-order valence-electron chi connectivity index (χ3n) is 12.8. The van der Waals surface area contributed by atoms with Gasteiger partial charge in [-0.3, -0.25) is 4.57 Å². The summed E-state index contributed by atoms with van der Waals surface area (Å²) in [7, 11) is 0. The number of benzene rings is 9. The minimum atomic E-state index is 0.546. The van der Waals surface area contributed by atoms with Crippen LogP contribution in [-0.2, 0) is 0 Å². The van der Waals surface area contributed by atoms with E-state index < -0.39 is 0 Å². The van der Waals surface area contributed by atoms with E-state index in [0.717, 1.165) is 98.9 Å². The standard InChI is InChI=1S/C57H33N5OS/c1-3-16-34(17-4-1)36-32-33-46(54-51(36)41-22-9-13-27-47(41)63-54)61-44-25-11-7-20-37(44)39-30-31-40-38-21-8-12-26-45(38)62(53(40)52(39)61)57-59-55(35-18-5-2-6-19-35)58-56(60-57)43-24-15-29-49-50(43)42-23-10-14-28-48(42)64-49/h1-33H. The lowest BCUT2D eigenvalue weighted by molar-refractivity contribution is 0.666.